The predicted molar refractivity (Wildman–Crippen MR) is 109 cm³/mol. The number of carbonyl (C=O) groups is 2. The highest BCUT2D eigenvalue weighted by molar-refractivity contribution is 7.91. The number of methoxy groups -OCH3 is 1. The maximum absolute atomic E-state index is 12.8. The van der Waals surface area contributed by atoms with Gasteiger partial charge in [0.1, 0.15) is 5.00 Å². The molecule has 1 atom stereocenters. The van der Waals surface area contributed by atoms with Gasteiger partial charge in [-0.15, -0.1) is 11.3 Å². The summed E-state index contributed by atoms with van der Waals surface area (Å²) >= 11 is 1.40. The van der Waals surface area contributed by atoms with E-state index in [2.05, 4.69) is 12.2 Å². The maximum Gasteiger partial charge on any atom is 0.341 e. The van der Waals surface area contributed by atoms with Crippen molar-refractivity contribution in [3.63, 3.8) is 0 Å². The van der Waals surface area contributed by atoms with E-state index in [1.54, 1.807) is 19.1 Å². The molecule has 3 rings (SSSR count). The Morgan fingerprint density at radius 2 is 2.07 bits per heavy atom. The SMILES string of the molecule is CCS(=O)(=O)c1cccc(C(=O)Nc2sc3c(c2C(=O)OC)CC[C@@H](C)C3)c1. The highest BCUT2D eigenvalue weighted by Gasteiger charge is 2.29. The van der Waals surface area contributed by atoms with Gasteiger partial charge in [-0.3, -0.25) is 4.79 Å². The fourth-order valence-electron chi connectivity index (χ4n) is 3.33. The Bertz CT molecular complexity index is 1020. The van der Waals surface area contributed by atoms with Crippen LogP contribution in [0.5, 0.6) is 0 Å². The molecule has 0 saturated heterocycles. The molecule has 1 amide bonds. The Hall–Kier alpha value is -2.19. The van der Waals surface area contributed by atoms with Gasteiger partial charge < -0.3 is 10.1 Å². The minimum atomic E-state index is -3.41. The number of thiophene rings is 1. The molecule has 0 aliphatic heterocycles. The molecule has 1 aliphatic rings. The van der Waals surface area contributed by atoms with E-state index in [0.29, 0.717) is 16.5 Å². The first-order valence-corrected chi connectivity index (χ1v) is 11.6. The summed E-state index contributed by atoms with van der Waals surface area (Å²) in [5.74, 6) is -0.439. The van der Waals surface area contributed by atoms with E-state index in [-0.39, 0.29) is 16.2 Å². The normalized spacial score (nSPS) is 16.3. The van der Waals surface area contributed by atoms with Gasteiger partial charge >= 0.3 is 5.97 Å². The second-order valence-corrected chi connectivity index (χ2v) is 10.3. The van der Waals surface area contributed by atoms with Crippen molar-refractivity contribution in [3.8, 4) is 0 Å². The first-order chi connectivity index (χ1) is 13.3. The summed E-state index contributed by atoms with van der Waals surface area (Å²) in [6, 6.07) is 5.93. The average Bonchev–Trinajstić information content (AvgIpc) is 3.04. The largest absolute Gasteiger partial charge is 0.465 e. The topological polar surface area (TPSA) is 89.5 Å². The van der Waals surface area contributed by atoms with Crippen molar-refractivity contribution in [1.82, 2.24) is 0 Å². The second kappa shape index (κ2) is 8.05. The number of fused-ring (bicyclic) bond motifs is 1. The Kier molecular flexibility index (Phi) is 5.90. The standard InChI is InChI=1S/C20H23NO5S2/c1-4-28(24,25)14-7-5-6-13(11-14)18(22)21-19-17(20(23)26-3)15-9-8-12(2)10-16(15)27-19/h5-7,11-12H,4,8-10H2,1-3H3,(H,21,22)/t12-/m1/s1. The van der Waals surface area contributed by atoms with Crippen LogP contribution >= 0.6 is 11.3 Å². The number of anilines is 1. The number of ether oxygens (including phenoxy) is 1. The molecule has 28 heavy (non-hydrogen) atoms. The molecule has 150 valence electrons. The highest BCUT2D eigenvalue weighted by Crippen LogP contribution is 2.40. The van der Waals surface area contributed by atoms with Crippen molar-refractivity contribution in [2.24, 2.45) is 5.92 Å². The van der Waals surface area contributed by atoms with Gasteiger partial charge in [0.05, 0.1) is 23.3 Å². The Morgan fingerprint density at radius 3 is 2.75 bits per heavy atom. The lowest BCUT2D eigenvalue weighted by atomic mass is 9.88. The van der Waals surface area contributed by atoms with E-state index in [1.807, 2.05) is 0 Å². The molecule has 0 spiro atoms. The summed E-state index contributed by atoms with van der Waals surface area (Å²) in [6.07, 6.45) is 2.62. The molecule has 1 aliphatic carbocycles. The van der Waals surface area contributed by atoms with Crippen LogP contribution in [0, 0.1) is 5.92 Å². The Balaban J connectivity index is 1.95. The van der Waals surface area contributed by atoms with Crippen LogP contribution in [0.25, 0.3) is 0 Å². The van der Waals surface area contributed by atoms with Crippen LogP contribution in [0.1, 0.15) is 51.4 Å². The van der Waals surface area contributed by atoms with E-state index >= 15 is 0 Å². The molecular formula is C20H23NO5S2. The van der Waals surface area contributed by atoms with Gasteiger partial charge in [0.2, 0.25) is 0 Å². The van der Waals surface area contributed by atoms with Crippen LogP contribution < -0.4 is 5.32 Å². The molecule has 1 N–H and O–H groups in total. The Labute approximate surface area is 168 Å². The Morgan fingerprint density at radius 1 is 1.32 bits per heavy atom. The third-order valence-electron chi connectivity index (χ3n) is 4.96. The van der Waals surface area contributed by atoms with Crippen molar-refractivity contribution in [1.29, 1.82) is 0 Å². The first-order valence-electron chi connectivity index (χ1n) is 9.13. The number of hydrogen-bond acceptors (Lipinski definition) is 6. The third kappa shape index (κ3) is 3.98. The van der Waals surface area contributed by atoms with Gasteiger partial charge in [-0.2, -0.15) is 0 Å². The highest BCUT2D eigenvalue weighted by atomic mass is 32.2. The van der Waals surface area contributed by atoms with Gasteiger partial charge in [-0.05, 0) is 48.9 Å². The van der Waals surface area contributed by atoms with Gasteiger partial charge in [0, 0.05) is 10.4 Å². The van der Waals surface area contributed by atoms with Gasteiger partial charge in [0.25, 0.3) is 5.91 Å². The lowest BCUT2D eigenvalue weighted by Crippen LogP contribution is -2.16. The molecule has 1 aromatic heterocycles. The second-order valence-electron chi connectivity index (χ2n) is 6.93. The first kappa shape index (κ1) is 20.5. The summed E-state index contributed by atoms with van der Waals surface area (Å²) in [6.45, 7) is 3.72. The molecule has 0 fully saturated rings. The number of sulfone groups is 1. The van der Waals surface area contributed by atoms with Gasteiger partial charge in [0.15, 0.2) is 9.84 Å². The van der Waals surface area contributed by atoms with Crippen LogP contribution in [0.15, 0.2) is 29.2 Å². The monoisotopic (exact) mass is 421 g/mol. The number of carbonyl (C=O) groups excluding carboxylic acids is 2. The van der Waals surface area contributed by atoms with E-state index in [4.69, 9.17) is 4.74 Å². The van der Waals surface area contributed by atoms with E-state index in [0.717, 1.165) is 29.7 Å². The van der Waals surface area contributed by atoms with Crippen LogP contribution in [-0.4, -0.2) is 33.2 Å². The van der Waals surface area contributed by atoms with Crippen LogP contribution in [-0.2, 0) is 27.4 Å². The fourth-order valence-corrected chi connectivity index (χ4v) is 5.65. The van der Waals surface area contributed by atoms with Crippen molar-refractivity contribution < 1.29 is 22.7 Å². The van der Waals surface area contributed by atoms with Gasteiger partial charge in [-0.1, -0.05) is 19.9 Å². The zero-order valence-corrected chi connectivity index (χ0v) is 17.7. The number of nitrogens with one attached hydrogen (secondary N) is 1. The predicted octanol–water partition coefficient (Wildman–Crippen LogP) is 3.71. The minimum absolute atomic E-state index is 0.0413. The van der Waals surface area contributed by atoms with Gasteiger partial charge in [-0.25, -0.2) is 13.2 Å². The van der Waals surface area contributed by atoms with Crippen molar-refractivity contribution >= 4 is 38.1 Å². The van der Waals surface area contributed by atoms with E-state index in [1.165, 1.54) is 30.6 Å². The van der Waals surface area contributed by atoms with Crippen molar-refractivity contribution in [3.05, 3.63) is 45.8 Å². The number of amides is 1. The molecule has 1 heterocycles. The van der Waals surface area contributed by atoms with Crippen molar-refractivity contribution in [2.75, 3.05) is 18.2 Å². The summed E-state index contributed by atoms with van der Waals surface area (Å²) in [7, 11) is -2.09. The van der Waals surface area contributed by atoms with Crippen LogP contribution in [0.2, 0.25) is 0 Å². The quantitative estimate of drug-likeness (QED) is 0.744. The van der Waals surface area contributed by atoms with E-state index < -0.39 is 21.7 Å². The molecule has 0 radical (unpaired) electrons. The van der Waals surface area contributed by atoms with Crippen LogP contribution in [0.3, 0.4) is 0 Å². The molecule has 1 aromatic carbocycles. The zero-order chi connectivity index (χ0) is 20.5. The number of hydrogen-bond donors (Lipinski definition) is 1. The minimum Gasteiger partial charge on any atom is -0.465 e. The average molecular weight is 422 g/mol. The smallest absolute Gasteiger partial charge is 0.341 e. The number of rotatable bonds is 5. The zero-order valence-electron chi connectivity index (χ0n) is 16.1. The third-order valence-corrected chi connectivity index (χ3v) is 7.87. The summed E-state index contributed by atoms with van der Waals surface area (Å²) < 4.78 is 29.1. The molecule has 0 unspecified atom stereocenters. The number of benzene rings is 1. The molecule has 2 aromatic rings. The molecule has 8 heteroatoms. The summed E-state index contributed by atoms with van der Waals surface area (Å²) in [5.41, 5.74) is 1.60. The number of esters is 1. The molecule has 0 saturated carbocycles. The van der Waals surface area contributed by atoms with E-state index in [9.17, 15) is 18.0 Å². The molecular weight excluding hydrogens is 398 g/mol. The summed E-state index contributed by atoms with van der Waals surface area (Å²) in [5, 5.41) is 3.25. The fraction of sp³-hybridized carbons (Fsp3) is 0.400. The summed E-state index contributed by atoms with van der Waals surface area (Å²) in [4.78, 5) is 26.3. The molecule has 6 nitrogen and oxygen atoms in total. The van der Waals surface area contributed by atoms with Crippen LogP contribution in [0.4, 0.5) is 5.00 Å². The molecule has 0 bridgehead atoms. The maximum atomic E-state index is 12.8. The lowest BCUT2D eigenvalue weighted by molar-refractivity contribution is 0.0601. The van der Waals surface area contributed by atoms with Crippen molar-refractivity contribution in [2.45, 2.75) is 38.0 Å². The lowest BCUT2D eigenvalue weighted by Gasteiger charge is -2.18.